The molecule has 1 aliphatic heterocycles. The van der Waals surface area contributed by atoms with Gasteiger partial charge in [-0.15, -0.1) is 0 Å². The number of hydrogen-bond acceptors (Lipinski definition) is 4. The third kappa shape index (κ3) is 4.85. The molecule has 1 N–H and O–H groups in total. The number of carbonyl (C=O) groups excluding carboxylic acids is 2. The van der Waals surface area contributed by atoms with Gasteiger partial charge in [0.1, 0.15) is 11.5 Å². The Bertz CT molecular complexity index is 728. The van der Waals surface area contributed by atoms with Gasteiger partial charge in [0.05, 0.1) is 20.1 Å². The molecule has 0 aromatic heterocycles. The van der Waals surface area contributed by atoms with Crippen molar-refractivity contribution in [2.45, 2.75) is 45.4 Å². The topological polar surface area (TPSA) is 67.9 Å². The molecule has 2 amide bonds. The summed E-state index contributed by atoms with van der Waals surface area (Å²) in [4.78, 5) is 28.0. The lowest BCUT2D eigenvalue weighted by Gasteiger charge is -2.21. The van der Waals surface area contributed by atoms with Crippen molar-refractivity contribution in [2.75, 3.05) is 33.9 Å². The van der Waals surface area contributed by atoms with Crippen LogP contribution in [0.3, 0.4) is 0 Å². The molecule has 2 aliphatic rings. The van der Waals surface area contributed by atoms with Crippen molar-refractivity contribution in [3.05, 3.63) is 23.8 Å². The van der Waals surface area contributed by atoms with Crippen LogP contribution < -0.4 is 14.8 Å². The Morgan fingerprint density at radius 3 is 2.48 bits per heavy atom. The number of likely N-dealkylation sites (tertiary alicyclic amines) is 1. The van der Waals surface area contributed by atoms with Crippen molar-refractivity contribution in [2.24, 2.45) is 17.8 Å². The van der Waals surface area contributed by atoms with E-state index in [1.807, 2.05) is 23.1 Å². The van der Waals surface area contributed by atoms with Crippen LogP contribution in [0.2, 0.25) is 0 Å². The van der Waals surface area contributed by atoms with Crippen molar-refractivity contribution >= 4 is 11.8 Å². The second-order valence-electron chi connectivity index (χ2n) is 8.68. The van der Waals surface area contributed by atoms with Crippen molar-refractivity contribution in [3.8, 4) is 11.5 Å². The average molecular weight is 403 g/mol. The molecule has 1 saturated carbocycles. The maximum atomic E-state index is 13.1. The Morgan fingerprint density at radius 1 is 1.14 bits per heavy atom. The molecule has 0 unspecified atom stereocenters. The van der Waals surface area contributed by atoms with E-state index in [2.05, 4.69) is 19.2 Å². The highest BCUT2D eigenvalue weighted by Crippen LogP contribution is 2.40. The molecule has 3 rings (SSSR count). The smallest absolute Gasteiger partial charge is 0.225 e. The van der Waals surface area contributed by atoms with Crippen LogP contribution >= 0.6 is 0 Å². The van der Waals surface area contributed by atoms with Gasteiger partial charge in [0.15, 0.2) is 0 Å². The minimum atomic E-state index is -0.292. The Kier molecular flexibility index (Phi) is 7.04. The molecule has 29 heavy (non-hydrogen) atoms. The number of hydrogen-bond donors (Lipinski definition) is 1. The summed E-state index contributed by atoms with van der Waals surface area (Å²) in [5, 5.41) is 3.07. The predicted molar refractivity (Wildman–Crippen MR) is 112 cm³/mol. The molecule has 1 aliphatic carbocycles. The number of benzene rings is 1. The zero-order valence-corrected chi connectivity index (χ0v) is 18.1. The van der Waals surface area contributed by atoms with E-state index in [4.69, 9.17) is 9.47 Å². The Labute approximate surface area is 173 Å². The lowest BCUT2D eigenvalue weighted by molar-refractivity contribution is -0.134. The summed E-state index contributed by atoms with van der Waals surface area (Å²) in [6.07, 6.45) is 4.17. The fourth-order valence-corrected chi connectivity index (χ4v) is 4.56. The minimum Gasteiger partial charge on any atom is -0.497 e. The first-order chi connectivity index (χ1) is 13.9. The molecule has 2 fully saturated rings. The fourth-order valence-electron chi connectivity index (χ4n) is 4.56. The number of methoxy groups -OCH3 is 2. The number of amides is 2. The number of rotatable bonds is 7. The van der Waals surface area contributed by atoms with Crippen molar-refractivity contribution < 1.29 is 19.1 Å². The van der Waals surface area contributed by atoms with Crippen LogP contribution in [0.4, 0.5) is 0 Å². The first-order valence-electron chi connectivity index (χ1n) is 10.7. The highest BCUT2D eigenvalue weighted by molar-refractivity contribution is 5.84. The molecule has 0 spiro atoms. The molecule has 1 saturated heterocycles. The number of nitrogens with zero attached hydrogens (tertiary/aromatic N) is 1. The lowest BCUT2D eigenvalue weighted by Crippen LogP contribution is -2.38. The monoisotopic (exact) mass is 402 g/mol. The molecule has 2 atom stereocenters. The van der Waals surface area contributed by atoms with E-state index in [1.165, 1.54) is 0 Å². The summed E-state index contributed by atoms with van der Waals surface area (Å²) in [5.41, 5.74) is 0.929. The highest BCUT2D eigenvalue weighted by Gasteiger charge is 2.43. The summed E-state index contributed by atoms with van der Waals surface area (Å²) >= 11 is 0. The van der Waals surface area contributed by atoms with Crippen LogP contribution in [0.5, 0.6) is 11.5 Å². The second-order valence-corrected chi connectivity index (χ2v) is 8.68. The van der Waals surface area contributed by atoms with Gasteiger partial charge < -0.3 is 19.7 Å². The Hall–Kier alpha value is -2.24. The molecule has 1 aromatic rings. The quantitative estimate of drug-likeness (QED) is 0.760. The van der Waals surface area contributed by atoms with Gasteiger partial charge in [-0.1, -0.05) is 26.7 Å². The summed E-state index contributed by atoms with van der Waals surface area (Å²) in [6, 6.07) is 5.67. The van der Waals surface area contributed by atoms with Crippen LogP contribution in [0, 0.1) is 17.8 Å². The van der Waals surface area contributed by atoms with Crippen molar-refractivity contribution in [1.29, 1.82) is 0 Å². The molecular weight excluding hydrogens is 368 g/mol. The van der Waals surface area contributed by atoms with E-state index in [0.29, 0.717) is 25.6 Å². The standard InChI is InChI=1S/C23H34N2O4/c1-15(2)12-24-22(26)20-14-25(23(27)16-7-5-6-8-16)13-19(20)18-11-17(28-3)9-10-21(18)29-4/h9-11,15-16,19-20H,5-8,12-14H2,1-4H3,(H,24,26)/t19-,20+/m1/s1. The molecule has 6 heteroatoms. The van der Waals surface area contributed by atoms with E-state index >= 15 is 0 Å². The maximum Gasteiger partial charge on any atom is 0.225 e. The zero-order valence-electron chi connectivity index (χ0n) is 18.1. The average Bonchev–Trinajstić information content (AvgIpc) is 3.41. The highest BCUT2D eigenvalue weighted by atomic mass is 16.5. The number of ether oxygens (including phenoxy) is 2. The van der Waals surface area contributed by atoms with Gasteiger partial charge in [-0.25, -0.2) is 0 Å². The lowest BCUT2D eigenvalue weighted by atomic mass is 9.87. The van der Waals surface area contributed by atoms with Crippen molar-refractivity contribution in [3.63, 3.8) is 0 Å². The van der Waals surface area contributed by atoms with Crippen LogP contribution in [0.1, 0.15) is 51.0 Å². The molecule has 0 bridgehead atoms. The largest absolute Gasteiger partial charge is 0.497 e. The third-order valence-corrected chi connectivity index (χ3v) is 6.19. The third-order valence-electron chi connectivity index (χ3n) is 6.19. The Morgan fingerprint density at radius 2 is 1.86 bits per heavy atom. The van der Waals surface area contributed by atoms with Gasteiger partial charge >= 0.3 is 0 Å². The molecule has 160 valence electrons. The molecular formula is C23H34N2O4. The van der Waals surface area contributed by atoms with Crippen molar-refractivity contribution in [1.82, 2.24) is 10.2 Å². The van der Waals surface area contributed by atoms with E-state index in [1.54, 1.807) is 14.2 Å². The van der Waals surface area contributed by atoms with Crippen LogP contribution in [0.15, 0.2) is 18.2 Å². The van der Waals surface area contributed by atoms with E-state index < -0.39 is 0 Å². The van der Waals surface area contributed by atoms with E-state index in [0.717, 1.165) is 42.7 Å². The number of nitrogens with one attached hydrogen (secondary N) is 1. The maximum absolute atomic E-state index is 13.1. The summed E-state index contributed by atoms with van der Waals surface area (Å²) in [6.45, 7) is 5.79. The molecule has 6 nitrogen and oxygen atoms in total. The van der Waals surface area contributed by atoms with Gasteiger partial charge in [0, 0.05) is 37.0 Å². The first-order valence-corrected chi connectivity index (χ1v) is 10.7. The van der Waals surface area contributed by atoms with E-state index in [9.17, 15) is 9.59 Å². The molecule has 1 aromatic carbocycles. The SMILES string of the molecule is COc1ccc(OC)c([C@H]2CN(C(=O)C3CCCC3)C[C@@H]2C(=O)NCC(C)C)c1. The zero-order chi connectivity index (χ0) is 21.0. The number of carbonyl (C=O) groups is 2. The van der Waals surface area contributed by atoms with Gasteiger partial charge in [0.25, 0.3) is 0 Å². The van der Waals surface area contributed by atoms with Crippen LogP contribution in [-0.2, 0) is 9.59 Å². The van der Waals surface area contributed by atoms with Crippen LogP contribution in [-0.4, -0.2) is 50.6 Å². The first kappa shape index (κ1) is 21.5. The Balaban J connectivity index is 1.88. The van der Waals surface area contributed by atoms with Gasteiger partial charge in [-0.2, -0.15) is 0 Å². The molecule has 1 heterocycles. The fraction of sp³-hybridized carbons (Fsp3) is 0.652. The summed E-state index contributed by atoms with van der Waals surface area (Å²) < 4.78 is 11.0. The van der Waals surface area contributed by atoms with Gasteiger partial charge in [-0.05, 0) is 37.0 Å². The summed E-state index contributed by atoms with van der Waals surface area (Å²) in [5.74, 6) is 1.75. The predicted octanol–water partition coefficient (Wildman–Crippen LogP) is 3.21. The van der Waals surface area contributed by atoms with Gasteiger partial charge in [-0.3, -0.25) is 9.59 Å². The van der Waals surface area contributed by atoms with E-state index in [-0.39, 0.29) is 29.6 Å². The molecule has 0 radical (unpaired) electrons. The van der Waals surface area contributed by atoms with Crippen LogP contribution in [0.25, 0.3) is 0 Å². The van der Waals surface area contributed by atoms with Gasteiger partial charge in [0.2, 0.25) is 11.8 Å². The second kappa shape index (κ2) is 9.51. The summed E-state index contributed by atoms with van der Waals surface area (Å²) in [7, 11) is 3.26. The minimum absolute atomic E-state index is 0.00953. The normalized spacial score (nSPS) is 22.2.